The Morgan fingerprint density at radius 1 is 1.21 bits per heavy atom. The average Bonchev–Trinajstić information content (AvgIpc) is 3.11. The second-order valence-electron chi connectivity index (χ2n) is 7.32. The third-order valence-corrected chi connectivity index (χ3v) is 6.35. The van der Waals surface area contributed by atoms with E-state index in [2.05, 4.69) is 4.99 Å². The molecular formula is C22H21N3O2S. The van der Waals surface area contributed by atoms with Crippen LogP contribution in [0, 0.1) is 0 Å². The largest absolute Gasteiger partial charge is 0.369 e. The highest BCUT2D eigenvalue weighted by molar-refractivity contribution is 7.20. The molecule has 1 amide bonds. The zero-order valence-electron chi connectivity index (χ0n) is 15.8. The van der Waals surface area contributed by atoms with Gasteiger partial charge in [0.05, 0.1) is 16.8 Å². The molecule has 2 N–H and O–H groups in total. The maximum absolute atomic E-state index is 12.8. The van der Waals surface area contributed by atoms with Crippen LogP contribution in [0.3, 0.4) is 0 Å². The average molecular weight is 391 g/mol. The van der Waals surface area contributed by atoms with Crippen molar-refractivity contribution in [1.82, 2.24) is 4.90 Å². The summed E-state index contributed by atoms with van der Waals surface area (Å²) in [5.41, 5.74) is 6.99. The maximum Gasteiger partial charge on any atom is 0.231 e. The zero-order chi connectivity index (χ0) is 19.9. The van der Waals surface area contributed by atoms with Gasteiger partial charge >= 0.3 is 0 Å². The molecule has 0 fully saturated rings. The summed E-state index contributed by atoms with van der Waals surface area (Å²) in [6, 6.07) is 17.7. The number of hydrogen-bond donors (Lipinski definition) is 1. The predicted molar refractivity (Wildman–Crippen MR) is 113 cm³/mol. The number of benzene rings is 2. The molecule has 2 aromatic carbocycles. The Morgan fingerprint density at radius 2 is 2.00 bits per heavy atom. The summed E-state index contributed by atoms with van der Waals surface area (Å²) < 4.78 is 1.11. The fraction of sp³-hybridized carbons (Fsp3) is 0.227. The smallest absolute Gasteiger partial charge is 0.231 e. The molecule has 4 rings (SSSR count). The van der Waals surface area contributed by atoms with Crippen LogP contribution >= 0.6 is 11.3 Å². The number of nitrogens with zero attached hydrogens (tertiary/aromatic N) is 2. The van der Waals surface area contributed by atoms with Crippen LogP contribution in [0.4, 0.5) is 0 Å². The molecule has 0 bridgehead atoms. The summed E-state index contributed by atoms with van der Waals surface area (Å²) in [6.07, 6.45) is 0.557. The highest BCUT2D eigenvalue weighted by atomic mass is 32.1. The summed E-state index contributed by atoms with van der Waals surface area (Å²) in [5.74, 6) is 0.234. The zero-order valence-corrected chi connectivity index (χ0v) is 16.6. The number of ketones is 1. The van der Waals surface area contributed by atoms with Crippen LogP contribution in [0.25, 0.3) is 10.1 Å². The number of nitrogens with two attached hydrogens (primary N) is 1. The number of hydrogen-bond acceptors (Lipinski definition) is 5. The van der Waals surface area contributed by atoms with Crippen molar-refractivity contribution in [3.63, 3.8) is 0 Å². The molecule has 3 aromatic rings. The van der Waals surface area contributed by atoms with Gasteiger partial charge in [0.15, 0.2) is 11.7 Å². The van der Waals surface area contributed by atoms with Crippen molar-refractivity contribution in [2.24, 2.45) is 10.7 Å². The van der Waals surface area contributed by atoms with Crippen molar-refractivity contribution in [1.29, 1.82) is 0 Å². The molecule has 0 aliphatic carbocycles. The lowest BCUT2D eigenvalue weighted by Gasteiger charge is -2.33. The molecule has 6 heteroatoms. The lowest BCUT2D eigenvalue weighted by atomic mass is 9.86. The van der Waals surface area contributed by atoms with E-state index in [4.69, 9.17) is 5.73 Å². The molecule has 2 heterocycles. The molecule has 0 radical (unpaired) electrons. The predicted octanol–water partition coefficient (Wildman–Crippen LogP) is 3.72. The van der Waals surface area contributed by atoms with Gasteiger partial charge in [-0.3, -0.25) is 14.5 Å². The first-order valence-corrected chi connectivity index (χ1v) is 9.90. The maximum atomic E-state index is 12.8. The van der Waals surface area contributed by atoms with Gasteiger partial charge in [0.1, 0.15) is 0 Å². The van der Waals surface area contributed by atoms with Crippen molar-refractivity contribution in [2.45, 2.75) is 25.3 Å². The fourth-order valence-electron chi connectivity index (χ4n) is 3.48. The van der Waals surface area contributed by atoms with E-state index >= 15 is 0 Å². The van der Waals surface area contributed by atoms with Gasteiger partial charge < -0.3 is 5.73 Å². The monoisotopic (exact) mass is 391 g/mol. The molecule has 0 saturated heterocycles. The topological polar surface area (TPSA) is 75.8 Å². The molecule has 1 aliphatic rings. The lowest BCUT2D eigenvalue weighted by molar-refractivity contribution is -0.128. The van der Waals surface area contributed by atoms with Gasteiger partial charge in [0, 0.05) is 18.2 Å². The summed E-state index contributed by atoms with van der Waals surface area (Å²) in [7, 11) is 1.63. The first kappa shape index (κ1) is 18.4. The number of carbonyl (C=O) groups is 2. The number of Topliss-reactive ketones (excluding diaryl/α,β-unsaturated/α-hetero) is 1. The SMILES string of the molecule is CN1C(=O)CC(C)(c2cccc(CC(=O)c3cc4ccccc4s3)c2)N=C1N. The van der Waals surface area contributed by atoms with Crippen LogP contribution < -0.4 is 5.73 Å². The molecule has 1 atom stereocenters. The van der Waals surface area contributed by atoms with E-state index in [0.717, 1.165) is 26.1 Å². The molecule has 0 spiro atoms. The van der Waals surface area contributed by atoms with Crippen molar-refractivity contribution in [3.8, 4) is 0 Å². The van der Waals surface area contributed by atoms with Crippen molar-refractivity contribution in [2.75, 3.05) is 7.05 Å². The molecule has 1 unspecified atom stereocenters. The van der Waals surface area contributed by atoms with Gasteiger partial charge in [-0.2, -0.15) is 0 Å². The van der Waals surface area contributed by atoms with Crippen LogP contribution in [0.2, 0.25) is 0 Å². The summed E-state index contributed by atoms with van der Waals surface area (Å²) >= 11 is 1.52. The Morgan fingerprint density at radius 3 is 2.75 bits per heavy atom. The van der Waals surface area contributed by atoms with Crippen LogP contribution in [-0.2, 0) is 16.8 Å². The fourth-order valence-corrected chi connectivity index (χ4v) is 4.48. The lowest BCUT2D eigenvalue weighted by Crippen LogP contribution is -2.47. The van der Waals surface area contributed by atoms with Crippen molar-refractivity contribution < 1.29 is 9.59 Å². The van der Waals surface area contributed by atoms with Crippen LogP contribution in [-0.4, -0.2) is 29.6 Å². The number of amides is 1. The van der Waals surface area contributed by atoms with E-state index in [0.29, 0.717) is 6.42 Å². The standard InChI is InChI=1S/C22H21N3O2S/c1-22(13-20(27)25(2)21(23)24-22)16-8-5-6-14(10-16)11-17(26)19-12-15-7-3-4-9-18(15)28-19/h3-10,12H,11,13H2,1-2H3,(H2,23,24). The van der Waals surface area contributed by atoms with E-state index in [1.54, 1.807) is 7.05 Å². The molecule has 0 saturated carbocycles. The molecular weight excluding hydrogens is 370 g/mol. The van der Waals surface area contributed by atoms with Gasteiger partial charge in [-0.05, 0) is 35.6 Å². The van der Waals surface area contributed by atoms with E-state index in [1.807, 2.05) is 61.5 Å². The second kappa shape index (κ2) is 6.87. The van der Waals surface area contributed by atoms with Crippen LogP contribution in [0.15, 0.2) is 59.6 Å². The number of thiophene rings is 1. The minimum absolute atomic E-state index is 0.0678. The van der Waals surface area contributed by atoms with Crippen molar-refractivity contribution >= 4 is 39.1 Å². The number of carbonyl (C=O) groups excluding carboxylic acids is 2. The summed E-state index contributed by atoms with van der Waals surface area (Å²) in [6.45, 7) is 1.90. The van der Waals surface area contributed by atoms with E-state index in [1.165, 1.54) is 16.2 Å². The van der Waals surface area contributed by atoms with E-state index in [9.17, 15) is 9.59 Å². The Bertz CT molecular complexity index is 1080. The Kier molecular flexibility index (Phi) is 4.51. The molecule has 1 aliphatic heterocycles. The normalized spacial score (nSPS) is 19.7. The Hall–Kier alpha value is -2.99. The first-order chi connectivity index (χ1) is 13.4. The van der Waals surface area contributed by atoms with Gasteiger partial charge in [-0.15, -0.1) is 11.3 Å². The van der Waals surface area contributed by atoms with Gasteiger partial charge in [-0.1, -0.05) is 42.5 Å². The first-order valence-electron chi connectivity index (χ1n) is 9.09. The van der Waals surface area contributed by atoms with Crippen LogP contribution in [0.5, 0.6) is 0 Å². The number of aliphatic imine (C=N–C) groups is 1. The van der Waals surface area contributed by atoms with Gasteiger partial charge in [0.25, 0.3) is 0 Å². The minimum Gasteiger partial charge on any atom is -0.369 e. The summed E-state index contributed by atoms with van der Waals surface area (Å²) in [5, 5.41) is 1.09. The number of guanidine groups is 1. The Labute approximate surface area is 167 Å². The van der Waals surface area contributed by atoms with Gasteiger partial charge in [0.2, 0.25) is 5.91 Å². The van der Waals surface area contributed by atoms with E-state index in [-0.39, 0.29) is 24.1 Å². The van der Waals surface area contributed by atoms with Crippen molar-refractivity contribution in [3.05, 3.63) is 70.6 Å². The van der Waals surface area contributed by atoms with Crippen LogP contribution in [0.1, 0.15) is 34.1 Å². The third kappa shape index (κ3) is 3.31. The highest BCUT2D eigenvalue weighted by Crippen LogP contribution is 2.33. The van der Waals surface area contributed by atoms with Gasteiger partial charge in [-0.25, -0.2) is 4.99 Å². The Balaban J connectivity index is 1.60. The summed E-state index contributed by atoms with van der Waals surface area (Å²) in [4.78, 5) is 31.7. The minimum atomic E-state index is -0.718. The number of rotatable bonds is 4. The number of fused-ring (bicyclic) bond motifs is 1. The molecule has 142 valence electrons. The molecule has 1 aromatic heterocycles. The highest BCUT2D eigenvalue weighted by Gasteiger charge is 2.36. The molecule has 28 heavy (non-hydrogen) atoms. The third-order valence-electron chi connectivity index (χ3n) is 5.19. The quantitative estimate of drug-likeness (QED) is 0.689. The second-order valence-corrected chi connectivity index (χ2v) is 8.41. The van der Waals surface area contributed by atoms with E-state index < -0.39 is 5.54 Å². The molecule has 5 nitrogen and oxygen atoms in total.